The Hall–Kier alpha value is -3.20. The second-order valence-electron chi connectivity index (χ2n) is 6.89. The van der Waals surface area contributed by atoms with Crippen molar-refractivity contribution in [2.45, 2.75) is 0 Å². The maximum atomic E-state index is 12.9. The van der Waals surface area contributed by atoms with Crippen LogP contribution in [0.1, 0.15) is 10.5 Å². The molecule has 0 N–H and O–H groups in total. The number of pyridine rings is 2. The summed E-state index contributed by atoms with van der Waals surface area (Å²) in [5.41, 5.74) is -0.505. The Balaban J connectivity index is 1.56. The number of aromatic nitrogens is 4. The molecule has 29 heavy (non-hydrogen) atoms. The summed E-state index contributed by atoms with van der Waals surface area (Å²) in [6.07, 6.45) is 1.60. The molecule has 150 valence electrons. The number of rotatable bonds is 2. The molecule has 0 saturated carbocycles. The van der Waals surface area contributed by atoms with Gasteiger partial charge in [-0.15, -0.1) is 0 Å². The summed E-state index contributed by atoms with van der Waals surface area (Å²) in [4.78, 5) is 49.8. The Morgan fingerprint density at radius 1 is 1.00 bits per heavy atom. The highest BCUT2D eigenvalue weighted by molar-refractivity contribution is 6.30. The molecule has 3 aromatic rings. The first-order valence-electron chi connectivity index (χ1n) is 9.09. The van der Waals surface area contributed by atoms with Crippen molar-refractivity contribution in [1.29, 1.82) is 0 Å². The van der Waals surface area contributed by atoms with Gasteiger partial charge in [-0.05, 0) is 24.3 Å². The van der Waals surface area contributed by atoms with Crippen LogP contribution in [0.25, 0.3) is 11.0 Å². The monoisotopic (exact) mass is 414 g/mol. The van der Waals surface area contributed by atoms with Gasteiger partial charge in [0, 0.05) is 46.5 Å². The smallest absolute Gasteiger partial charge is 0.332 e. The standard InChI is InChI=1S/C19H19ClN6O3/c1-23-16-13(17(27)24(2)19(23)29)4-5-14(22-16)18(28)26-9-7-25(8-10-26)15-6-3-12(20)11-21-15/h3-6,11H,7-10H2,1-2H3. The minimum absolute atomic E-state index is 0.202. The maximum Gasteiger partial charge on any atom is 0.332 e. The van der Waals surface area contributed by atoms with Gasteiger partial charge in [0.05, 0.1) is 10.4 Å². The van der Waals surface area contributed by atoms with Crippen molar-refractivity contribution in [3.63, 3.8) is 0 Å². The number of hydrogen-bond donors (Lipinski definition) is 0. The van der Waals surface area contributed by atoms with E-state index in [0.717, 1.165) is 10.4 Å². The predicted octanol–water partition coefficient (Wildman–Crippen LogP) is 0.643. The predicted molar refractivity (Wildman–Crippen MR) is 110 cm³/mol. The fourth-order valence-corrected chi connectivity index (χ4v) is 3.54. The van der Waals surface area contributed by atoms with E-state index in [1.807, 2.05) is 6.07 Å². The van der Waals surface area contributed by atoms with Crippen molar-refractivity contribution in [3.8, 4) is 0 Å². The van der Waals surface area contributed by atoms with Gasteiger partial charge in [-0.2, -0.15) is 0 Å². The molecule has 0 aliphatic carbocycles. The van der Waals surface area contributed by atoms with E-state index < -0.39 is 11.2 Å². The van der Waals surface area contributed by atoms with Crippen LogP contribution in [0.4, 0.5) is 5.82 Å². The third-order valence-electron chi connectivity index (χ3n) is 5.12. The highest BCUT2D eigenvalue weighted by Gasteiger charge is 2.24. The lowest BCUT2D eigenvalue weighted by Gasteiger charge is -2.35. The second-order valence-corrected chi connectivity index (χ2v) is 7.32. The summed E-state index contributed by atoms with van der Waals surface area (Å²) in [7, 11) is 2.95. The zero-order valence-corrected chi connectivity index (χ0v) is 16.8. The summed E-state index contributed by atoms with van der Waals surface area (Å²) in [5.74, 6) is 0.583. The zero-order chi connectivity index (χ0) is 20.7. The number of amides is 1. The van der Waals surface area contributed by atoms with E-state index >= 15 is 0 Å². The van der Waals surface area contributed by atoms with Crippen LogP contribution in [0.3, 0.4) is 0 Å². The molecular weight excluding hydrogens is 396 g/mol. The third kappa shape index (κ3) is 3.38. The molecule has 4 rings (SSSR count). The summed E-state index contributed by atoms with van der Waals surface area (Å²) >= 11 is 5.88. The number of piperazine rings is 1. The number of fused-ring (bicyclic) bond motifs is 1. The Labute approximate surface area is 170 Å². The molecule has 0 aromatic carbocycles. The van der Waals surface area contributed by atoms with Crippen LogP contribution >= 0.6 is 11.6 Å². The number of hydrogen-bond acceptors (Lipinski definition) is 6. The molecule has 0 atom stereocenters. The molecule has 4 heterocycles. The average molecular weight is 415 g/mol. The van der Waals surface area contributed by atoms with Crippen LogP contribution in [0.2, 0.25) is 5.02 Å². The van der Waals surface area contributed by atoms with Gasteiger partial charge in [-0.25, -0.2) is 14.8 Å². The van der Waals surface area contributed by atoms with Gasteiger partial charge < -0.3 is 9.80 Å². The van der Waals surface area contributed by atoms with Crippen molar-refractivity contribution in [1.82, 2.24) is 24.0 Å². The van der Waals surface area contributed by atoms with Gasteiger partial charge >= 0.3 is 5.69 Å². The summed E-state index contributed by atoms with van der Waals surface area (Å²) in [6, 6.07) is 6.72. The molecule has 0 spiro atoms. The first kappa shape index (κ1) is 19.1. The van der Waals surface area contributed by atoms with Gasteiger partial charge in [-0.3, -0.25) is 18.7 Å². The quantitative estimate of drug-likeness (QED) is 0.611. The van der Waals surface area contributed by atoms with Crippen LogP contribution in [0.5, 0.6) is 0 Å². The molecule has 1 saturated heterocycles. The van der Waals surface area contributed by atoms with Crippen molar-refractivity contribution in [2.24, 2.45) is 14.1 Å². The van der Waals surface area contributed by atoms with E-state index in [-0.39, 0.29) is 17.2 Å². The first-order valence-corrected chi connectivity index (χ1v) is 9.47. The van der Waals surface area contributed by atoms with E-state index in [4.69, 9.17) is 11.6 Å². The summed E-state index contributed by atoms with van der Waals surface area (Å²) < 4.78 is 2.30. The SMILES string of the molecule is Cn1c(=O)c2ccc(C(=O)N3CCN(c4ccc(Cl)cn4)CC3)nc2n(C)c1=O. The van der Waals surface area contributed by atoms with Gasteiger partial charge in [-0.1, -0.05) is 11.6 Å². The van der Waals surface area contributed by atoms with Gasteiger partial charge in [0.1, 0.15) is 17.2 Å². The molecule has 1 amide bonds. The Bertz CT molecular complexity index is 1210. The molecule has 10 heteroatoms. The van der Waals surface area contributed by atoms with Crippen LogP contribution < -0.4 is 16.1 Å². The van der Waals surface area contributed by atoms with Gasteiger partial charge in [0.25, 0.3) is 11.5 Å². The van der Waals surface area contributed by atoms with E-state index in [1.165, 1.54) is 24.7 Å². The van der Waals surface area contributed by atoms with E-state index in [0.29, 0.717) is 36.6 Å². The first-order chi connectivity index (χ1) is 13.9. The Morgan fingerprint density at radius 2 is 1.72 bits per heavy atom. The van der Waals surface area contributed by atoms with Crippen molar-refractivity contribution >= 4 is 34.4 Å². The molecule has 0 unspecified atom stereocenters. The highest BCUT2D eigenvalue weighted by atomic mass is 35.5. The summed E-state index contributed by atoms with van der Waals surface area (Å²) in [5, 5.41) is 0.874. The molecule has 3 aromatic heterocycles. The number of carbonyl (C=O) groups excluding carboxylic acids is 1. The van der Waals surface area contributed by atoms with Crippen LogP contribution in [-0.2, 0) is 14.1 Å². The fourth-order valence-electron chi connectivity index (χ4n) is 3.43. The minimum atomic E-state index is -0.483. The molecule has 0 bridgehead atoms. The Morgan fingerprint density at radius 3 is 2.38 bits per heavy atom. The third-order valence-corrected chi connectivity index (χ3v) is 5.35. The Kier molecular flexibility index (Phi) is 4.83. The fraction of sp³-hybridized carbons (Fsp3) is 0.316. The van der Waals surface area contributed by atoms with Gasteiger partial charge in [0.15, 0.2) is 0 Å². The second kappa shape index (κ2) is 7.32. The van der Waals surface area contributed by atoms with Crippen LogP contribution in [-0.4, -0.2) is 56.1 Å². The molecule has 1 fully saturated rings. The molecular formula is C19H19ClN6O3. The van der Waals surface area contributed by atoms with E-state index in [1.54, 1.807) is 23.2 Å². The number of halogens is 1. The number of anilines is 1. The van der Waals surface area contributed by atoms with Crippen LogP contribution in [0, 0.1) is 0 Å². The topological polar surface area (TPSA) is 93.3 Å². The van der Waals surface area contributed by atoms with Gasteiger partial charge in [0.2, 0.25) is 0 Å². The summed E-state index contributed by atoms with van der Waals surface area (Å²) in [6.45, 7) is 2.29. The van der Waals surface area contributed by atoms with Crippen LogP contribution in [0.15, 0.2) is 40.1 Å². The average Bonchev–Trinajstić information content (AvgIpc) is 2.76. The molecule has 9 nitrogen and oxygen atoms in total. The van der Waals surface area contributed by atoms with Crippen molar-refractivity contribution in [2.75, 3.05) is 31.1 Å². The zero-order valence-electron chi connectivity index (χ0n) is 16.0. The number of carbonyl (C=O) groups is 1. The number of nitrogens with zero attached hydrogens (tertiary/aromatic N) is 6. The van der Waals surface area contributed by atoms with Crippen molar-refractivity contribution < 1.29 is 4.79 Å². The lowest BCUT2D eigenvalue weighted by atomic mass is 10.2. The molecule has 0 radical (unpaired) electrons. The lowest BCUT2D eigenvalue weighted by Crippen LogP contribution is -2.49. The molecule has 1 aliphatic heterocycles. The highest BCUT2D eigenvalue weighted by Crippen LogP contribution is 2.17. The number of aryl methyl sites for hydroxylation is 1. The maximum absolute atomic E-state index is 12.9. The van der Waals surface area contributed by atoms with E-state index in [2.05, 4.69) is 14.9 Å². The normalized spacial score (nSPS) is 14.4. The van der Waals surface area contributed by atoms with E-state index in [9.17, 15) is 14.4 Å². The van der Waals surface area contributed by atoms with Crippen molar-refractivity contribution in [3.05, 3.63) is 62.0 Å². The lowest BCUT2D eigenvalue weighted by molar-refractivity contribution is 0.0741. The largest absolute Gasteiger partial charge is 0.353 e. The minimum Gasteiger partial charge on any atom is -0.353 e. The molecule has 1 aliphatic rings.